The number of methoxy groups -OCH3 is 1. The Balaban J connectivity index is 1.04. The van der Waals surface area contributed by atoms with E-state index in [-0.39, 0.29) is 11.8 Å². The first-order valence-electron chi connectivity index (χ1n) is 13.2. The number of anilines is 1. The number of aromatic nitrogens is 2. The molecule has 1 amide bonds. The van der Waals surface area contributed by atoms with Crippen molar-refractivity contribution in [1.82, 2.24) is 25.3 Å². The van der Waals surface area contributed by atoms with Crippen molar-refractivity contribution < 1.29 is 14.1 Å². The van der Waals surface area contributed by atoms with Gasteiger partial charge in [0.2, 0.25) is 11.7 Å². The first-order chi connectivity index (χ1) is 18.2. The average molecular weight is 505 g/mol. The summed E-state index contributed by atoms with van der Waals surface area (Å²) in [6.45, 7) is 8.15. The number of rotatable bonds is 9. The maximum absolute atomic E-state index is 12.9. The van der Waals surface area contributed by atoms with Crippen LogP contribution in [-0.2, 0) is 11.3 Å². The Morgan fingerprint density at radius 2 is 1.78 bits per heavy atom. The number of carbonyl (C=O) groups is 1. The summed E-state index contributed by atoms with van der Waals surface area (Å²) >= 11 is 0. The van der Waals surface area contributed by atoms with Crippen molar-refractivity contribution >= 4 is 11.9 Å². The van der Waals surface area contributed by atoms with Crippen LogP contribution < -0.4 is 15.0 Å². The smallest absolute Gasteiger partial charge is 0.324 e. The summed E-state index contributed by atoms with van der Waals surface area (Å²) in [6, 6.07) is 18.7. The Hall–Kier alpha value is -3.43. The van der Waals surface area contributed by atoms with Crippen LogP contribution in [0.4, 0.5) is 6.01 Å². The molecule has 0 unspecified atom stereocenters. The monoisotopic (exact) mass is 504 g/mol. The van der Waals surface area contributed by atoms with Crippen LogP contribution in [0.5, 0.6) is 5.75 Å². The molecule has 2 saturated heterocycles. The summed E-state index contributed by atoms with van der Waals surface area (Å²) in [4.78, 5) is 24.5. The Morgan fingerprint density at radius 1 is 1.03 bits per heavy atom. The molecule has 196 valence electrons. The minimum atomic E-state index is -0.0761. The van der Waals surface area contributed by atoms with Crippen LogP contribution in [0, 0.1) is 5.92 Å². The van der Waals surface area contributed by atoms with Crippen molar-refractivity contribution in [3.05, 3.63) is 60.2 Å². The molecule has 9 nitrogen and oxygen atoms in total. The molecule has 5 rings (SSSR count). The highest BCUT2D eigenvalue weighted by Gasteiger charge is 2.29. The van der Waals surface area contributed by atoms with Crippen LogP contribution in [0.3, 0.4) is 0 Å². The van der Waals surface area contributed by atoms with Crippen LogP contribution in [0.2, 0.25) is 0 Å². The van der Waals surface area contributed by atoms with Crippen LogP contribution in [-0.4, -0.2) is 85.3 Å². The highest BCUT2D eigenvalue weighted by Crippen LogP contribution is 2.26. The van der Waals surface area contributed by atoms with Gasteiger partial charge in [-0.2, -0.15) is 4.98 Å². The lowest BCUT2D eigenvalue weighted by Crippen LogP contribution is -2.49. The van der Waals surface area contributed by atoms with E-state index < -0.39 is 0 Å². The van der Waals surface area contributed by atoms with Gasteiger partial charge in [-0.1, -0.05) is 35.5 Å². The summed E-state index contributed by atoms with van der Waals surface area (Å²) in [6.07, 6.45) is 1.79. The lowest BCUT2D eigenvalue weighted by molar-refractivity contribution is -0.125. The normalized spacial score (nSPS) is 19.1. The zero-order chi connectivity index (χ0) is 25.5. The van der Waals surface area contributed by atoms with Crippen molar-refractivity contribution in [3.63, 3.8) is 0 Å². The maximum Gasteiger partial charge on any atom is 0.324 e. The molecule has 0 bridgehead atoms. The second-order valence-corrected chi connectivity index (χ2v) is 9.81. The number of nitrogens with zero attached hydrogens (tertiary/aromatic N) is 5. The Morgan fingerprint density at radius 3 is 2.54 bits per heavy atom. The molecule has 2 aliphatic rings. The number of nitrogens with one attached hydrogen (secondary N) is 1. The summed E-state index contributed by atoms with van der Waals surface area (Å²) in [5.41, 5.74) is 2.23. The minimum Gasteiger partial charge on any atom is -0.497 e. The van der Waals surface area contributed by atoms with Crippen molar-refractivity contribution in [2.75, 3.05) is 64.4 Å². The number of ether oxygens (including phenoxy) is 1. The van der Waals surface area contributed by atoms with Gasteiger partial charge in [0.25, 0.3) is 0 Å². The van der Waals surface area contributed by atoms with Gasteiger partial charge in [0, 0.05) is 64.5 Å². The van der Waals surface area contributed by atoms with Crippen LogP contribution in [0.1, 0.15) is 18.4 Å². The van der Waals surface area contributed by atoms with Gasteiger partial charge in [0.15, 0.2) is 0 Å². The first-order valence-corrected chi connectivity index (χ1v) is 13.2. The van der Waals surface area contributed by atoms with E-state index in [1.165, 1.54) is 5.56 Å². The largest absolute Gasteiger partial charge is 0.497 e. The molecule has 0 saturated carbocycles. The van der Waals surface area contributed by atoms with E-state index in [1.54, 1.807) is 7.11 Å². The van der Waals surface area contributed by atoms with E-state index in [1.807, 2.05) is 29.2 Å². The number of amides is 1. The van der Waals surface area contributed by atoms with Gasteiger partial charge in [-0.05, 0) is 42.7 Å². The van der Waals surface area contributed by atoms with Crippen molar-refractivity contribution in [2.45, 2.75) is 19.4 Å². The minimum absolute atomic E-state index is 0.0761. The molecular weight excluding hydrogens is 468 g/mol. The van der Waals surface area contributed by atoms with Gasteiger partial charge in [0.05, 0.1) is 13.0 Å². The van der Waals surface area contributed by atoms with Crippen molar-refractivity contribution in [3.8, 4) is 17.1 Å². The molecular formula is C28H36N6O3. The maximum atomic E-state index is 12.9. The van der Waals surface area contributed by atoms with Crippen LogP contribution >= 0.6 is 0 Å². The fourth-order valence-electron chi connectivity index (χ4n) is 5.06. The predicted molar refractivity (Wildman–Crippen MR) is 142 cm³/mol. The highest BCUT2D eigenvalue weighted by atomic mass is 16.5. The van der Waals surface area contributed by atoms with E-state index >= 15 is 0 Å². The third-order valence-corrected chi connectivity index (χ3v) is 7.27. The van der Waals surface area contributed by atoms with Crippen molar-refractivity contribution in [2.24, 2.45) is 5.92 Å². The standard InChI is InChI=1S/C28H36N6O3/c1-36-25-11-9-23(10-12-25)26-30-28(37-31-26)34-14-5-8-24(21-34)27(35)29-13-15-32-16-18-33(19-17-32)20-22-6-3-2-4-7-22/h2-4,6-7,9-12,24H,5,8,13-21H2,1H3,(H,29,35)/t24-/m0/s1. The highest BCUT2D eigenvalue weighted by molar-refractivity contribution is 5.79. The molecule has 1 atom stereocenters. The molecule has 0 radical (unpaired) electrons. The number of piperidine rings is 1. The van der Waals surface area contributed by atoms with Gasteiger partial charge < -0.3 is 19.5 Å². The lowest BCUT2D eigenvalue weighted by atomic mass is 9.97. The van der Waals surface area contributed by atoms with Gasteiger partial charge in [-0.15, -0.1) is 0 Å². The van der Waals surface area contributed by atoms with E-state index in [0.29, 0.717) is 24.9 Å². The zero-order valence-corrected chi connectivity index (χ0v) is 21.5. The molecule has 3 aromatic rings. The quantitative estimate of drug-likeness (QED) is 0.476. The molecule has 9 heteroatoms. The summed E-state index contributed by atoms with van der Waals surface area (Å²) in [7, 11) is 1.64. The average Bonchev–Trinajstić information content (AvgIpc) is 3.45. The van der Waals surface area contributed by atoms with Crippen molar-refractivity contribution in [1.29, 1.82) is 0 Å². The van der Waals surface area contributed by atoms with E-state index in [0.717, 1.165) is 70.0 Å². The Bertz CT molecular complexity index is 1130. The van der Waals surface area contributed by atoms with E-state index in [2.05, 4.69) is 55.6 Å². The summed E-state index contributed by atoms with van der Waals surface area (Å²) in [5.74, 6) is 1.35. The number of benzene rings is 2. The molecule has 0 spiro atoms. The third-order valence-electron chi connectivity index (χ3n) is 7.27. The molecule has 2 fully saturated rings. The molecule has 2 aromatic carbocycles. The van der Waals surface area contributed by atoms with Gasteiger partial charge >= 0.3 is 6.01 Å². The molecule has 1 aromatic heterocycles. The molecule has 37 heavy (non-hydrogen) atoms. The molecule has 2 aliphatic heterocycles. The fraction of sp³-hybridized carbons (Fsp3) is 0.464. The third kappa shape index (κ3) is 6.67. The zero-order valence-electron chi connectivity index (χ0n) is 21.5. The predicted octanol–water partition coefficient (Wildman–Crippen LogP) is 2.90. The fourth-order valence-corrected chi connectivity index (χ4v) is 5.06. The van der Waals surface area contributed by atoms with Gasteiger partial charge in [-0.3, -0.25) is 14.6 Å². The van der Waals surface area contributed by atoms with Crippen LogP contribution in [0.15, 0.2) is 59.1 Å². The molecule has 3 heterocycles. The summed E-state index contributed by atoms with van der Waals surface area (Å²) < 4.78 is 10.8. The Labute approximate surface area is 218 Å². The number of hydrogen-bond donors (Lipinski definition) is 1. The Kier molecular flexibility index (Phi) is 8.32. The molecule has 1 N–H and O–H groups in total. The van der Waals surface area contributed by atoms with Crippen LogP contribution in [0.25, 0.3) is 11.4 Å². The molecule has 0 aliphatic carbocycles. The van der Waals surface area contributed by atoms with E-state index in [9.17, 15) is 4.79 Å². The second-order valence-electron chi connectivity index (χ2n) is 9.81. The topological polar surface area (TPSA) is 87.0 Å². The van der Waals surface area contributed by atoms with E-state index in [4.69, 9.17) is 9.26 Å². The lowest BCUT2D eigenvalue weighted by Gasteiger charge is -2.35. The summed E-state index contributed by atoms with van der Waals surface area (Å²) in [5, 5.41) is 7.30. The SMILES string of the molecule is COc1ccc(-c2noc(N3CCC[C@H](C(=O)NCCN4CCN(Cc5ccccc5)CC4)C3)n2)cc1. The number of piperazine rings is 1. The number of carbonyl (C=O) groups excluding carboxylic acids is 1. The van der Waals surface area contributed by atoms with Gasteiger partial charge in [-0.25, -0.2) is 0 Å². The van der Waals surface area contributed by atoms with Gasteiger partial charge in [0.1, 0.15) is 5.75 Å². The number of hydrogen-bond acceptors (Lipinski definition) is 8. The second kappa shape index (κ2) is 12.2. The first kappa shape index (κ1) is 25.2.